The number of aryl methyl sites for hydroxylation is 1. The first-order valence-corrected chi connectivity index (χ1v) is 14.0. The summed E-state index contributed by atoms with van der Waals surface area (Å²) in [5.74, 6) is 6.16. The van der Waals surface area contributed by atoms with Gasteiger partial charge in [0, 0.05) is 22.1 Å². The quantitative estimate of drug-likeness (QED) is 0.182. The van der Waals surface area contributed by atoms with Crippen molar-refractivity contribution >= 4 is 40.9 Å². The molecule has 0 radical (unpaired) electrons. The Morgan fingerprint density at radius 1 is 1.02 bits per heavy atom. The summed E-state index contributed by atoms with van der Waals surface area (Å²) < 4.78 is 13.2. The minimum absolute atomic E-state index is 0. The van der Waals surface area contributed by atoms with Gasteiger partial charge in [0.2, 0.25) is 0 Å². The molecule has 5 nitrogen and oxygen atoms in total. The fraction of sp³-hybridized carbons (Fsp3) is 0.303. The van der Waals surface area contributed by atoms with E-state index in [1.165, 1.54) is 21.2 Å². The van der Waals surface area contributed by atoms with E-state index in [0.29, 0.717) is 19.6 Å². The van der Waals surface area contributed by atoms with Crippen molar-refractivity contribution in [2.24, 2.45) is 0 Å². The van der Waals surface area contributed by atoms with Crippen LogP contribution in [0.3, 0.4) is 0 Å². The number of carboxylic acid groups (broad SMARTS) is 1. The third-order valence-corrected chi connectivity index (χ3v) is 8.14. The maximum absolute atomic E-state index is 11.2. The number of rotatable bonds is 11. The van der Waals surface area contributed by atoms with Gasteiger partial charge in [0.25, 0.3) is 0 Å². The van der Waals surface area contributed by atoms with E-state index in [-0.39, 0.29) is 25.8 Å². The molecule has 0 unspecified atom stereocenters. The Morgan fingerprint density at radius 2 is 1.77 bits per heavy atom. The van der Waals surface area contributed by atoms with Crippen LogP contribution in [-0.2, 0) is 11.4 Å². The summed E-state index contributed by atoms with van der Waals surface area (Å²) in [4.78, 5) is 11.2. The lowest BCUT2D eigenvalue weighted by Gasteiger charge is -2.12. The van der Waals surface area contributed by atoms with Crippen LogP contribution in [0.5, 0.6) is 11.5 Å². The number of carbonyl (C=O) groups is 1. The molecule has 1 heterocycles. The predicted molar refractivity (Wildman–Crippen MR) is 166 cm³/mol. The molecule has 208 valence electrons. The molecule has 5 rings (SSSR count). The Labute approximate surface area is 246 Å². The highest BCUT2D eigenvalue weighted by molar-refractivity contribution is 7.59. The van der Waals surface area contributed by atoms with Gasteiger partial charge in [-0.3, -0.25) is 4.79 Å². The fourth-order valence-electron chi connectivity index (χ4n) is 4.72. The number of carboxylic acids is 1. The van der Waals surface area contributed by atoms with Crippen LogP contribution in [0.2, 0.25) is 0 Å². The van der Waals surface area contributed by atoms with E-state index in [4.69, 9.17) is 14.6 Å². The van der Waals surface area contributed by atoms with Gasteiger partial charge in [-0.15, -0.1) is 17.3 Å². The van der Waals surface area contributed by atoms with Gasteiger partial charge in [-0.25, -0.2) is 0 Å². The first kappa shape index (κ1) is 29.5. The van der Waals surface area contributed by atoms with E-state index in [0.717, 1.165) is 41.0 Å². The number of fused-ring (bicyclic) bond motifs is 1. The molecular formula is C33H34O5S2. The molecule has 0 aliphatic heterocycles. The number of hydrogen-bond donors (Lipinski definition) is 2. The van der Waals surface area contributed by atoms with Gasteiger partial charge in [-0.05, 0) is 90.7 Å². The highest BCUT2D eigenvalue weighted by Crippen LogP contribution is 2.39. The fourth-order valence-corrected chi connectivity index (χ4v) is 5.66. The number of aliphatic carboxylic acids is 1. The van der Waals surface area contributed by atoms with E-state index in [1.54, 1.807) is 18.3 Å². The number of ether oxygens (including phenoxy) is 2. The zero-order valence-electron chi connectivity index (χ0n) is 22.7. The zero-order chi connectivity index (χ0) is 27.4. The average molecular weight is 575 g/mol. The molecule has 1 fully saturated rings. The van der Waals surface area contributed by atoms with Gasteiger partial charge in [0.15, 0.2) is 0 Å². The van der Waals surface area contributed by atoms with E-state index in [2.05, 4.69) is 54.5 Å². The highest BCUT2D eigenvalue weighted by atomic mass is 32.1. The lowest BCUT2D eigenvalue weighted by Crippen LogP contribution is -2.12. The van der Waals surface area contributed by atoms with E-state index >= 15 is 0 Å². The minimum Gasteiger partial charge on any atom is -0.493 e. The van der Waals surface area contributed by atoms with E-state index in [9.17, 15) is 9.90 Å². The second-order valence-corrected chi connectivity index (χ2v) is 11.1. The lowest BCUT2D eigenvalue weighted by atomic mass is 9.96. The smallest absolute Gasteiger partial charge is 0.304 e. The molecule has 1 aliphatic rings. The summed E-state index contributed by atoms with van der Waals surface area (Å²) in [5.41, 5.74) is 4.96. The Morgan fingerprint density at radius 3 is 2.45 bits per heavy atom. The Balaban J connectivity index is 0.00000370. The van der Waals surface area contributed by atoms with Crippen molar-refractivity contribution in [3.8, 4) is 34.5 Å². The van der Waals surface area contributed by atoms with E-state index < -0.39 is 11.6 Å². The first-order chi connectivity index (χ1) is 18.8. The van der Waals surface area contributed by atoms with Crippen LogP contribution >= 0.6 is 24.8 Å². The molecule has 1 atom stereocenters. The average Bonchev–Trinajstić information content (AvgIpc) is 3.51. The summed E-state index contributed by atoms with van der Waals surface area (Å²) in [6, 6.07) is 20.1. The Hall–Kier alpha value is -3.44. The van der Waals surface area contributed by atoms with Crippen LogP contribution in [0, 0.1) is 18.8 Å². The molecule has 1 saturated carbocycles. The monoisotopic (exact) mass is 574 g/mol. The van der Waals surface area contributed by atoms with Crippen molar-refractivity contribution in [1.29, 1.82) is 0 Å². The largest absolute Gasteiger partial charge is 0.493 e. The molecule has 4 aromatic rings. The van der Waals surface area contributed by atoms with Crippen LogP contribution in [0.1, 0.15) is 55.2 Å². The number of hydrogen-bond acceptors (Lipinski definition) is 5. The lowest BCUT2D eigenvalue weighted by molar-refractivity contribution is -0.137. The molecule has 0 spiro atoms. The highest BCUT2D eigenvalue weighted by Gasteiger charge is 2.39. The summed E-state index contributed by atoms with van der Waals surface area (Å²) in [6.07, 6.45) is 2.41. The van der Waals surface area contributed by atoms with Gasteiger partial charge in [0.1, 0.15) is 18.1 Å². The molecule has 1 aliphatic carbocycles. The third-order valence-electron chi connectivity index (χ3n) is 7.17. The molecule has 7 heteroatoms. The molecule has 40 heavy (non-hydrogen) atoms. The maximum atomic E-state index is 11.2. The molecule has 0 saturated heterocycles. The zero-order valence-corrected chi connectivity index (χ0v) is 24.5. The minimum atomic E-state index is -0.866. The summed E-state index contributed by atoms with van der Waals surface area (Å²) in [5, 5.41) is 22.6. The predicted octanol–water partition coefficient (Wildman–Crippen LogP) is 7.44. The van der Waals surface area contributed by atoms with Crippen LogP contribution in [0.15, 0.2) is 66.0 Å². The van der Waals surface area contributed by atoms with Crippen LogP contribution in [0.4, 0.5) is 0 Å². The summed E-state index contributed by atoms with van der Waals surface area (Å²) in [7, 11) is 0. The van der Waals surface area contributed by atoms with Gasteiger partial charge < -0.3 is 19.7 Å². The van der Waals surface area contributed by atoms with Gasteiger partial charge in [-0.1, -0.05) is 30.2 Å². The van der Waals surface area contributed by atoms with Crippen LogP contribution in [0.25, 0.3) is 21.2 Å². The molecule has 1 aromatic heterocycles. The second kappa shape index (κ2) is 12.8. The molecule has 0 bridgehead atoms. The first-order valence-electron chi connectivity index (χ1n) is 13.2. The van der Waals surface area contributed by atoms with Gasteiger partial charge in [-0.2, -0.15) is 13.5 Å². The van der Waals surface area contributed by atoms with Crippen molar-refractivity contribution in [3.63, 3.8) is 0 Å². The third kappa shape index (κ3) is 7.19. The topological polar surface area (TPSA) is 76.0 Å². The summed E-state index contributed by atoms with van der Waals surface area (Å²) in [6.45, 7) is 4.77. The van der Waals surface area contributed by atoms with Crippen molar-refractivity contribution in [3.05, 3.63) is 82.7 Å². The van der Waals surface area contributed by atoms with Crippen LogP contribution in [-0.4, -0.2) is 28.4 Å². The van der Waals surface area contributed by atoms with E-state index in [1.807, 2.05) is 30.3 Å². The SMILES string of the molecule is CC#C[C@@H](CC(=O)O)c1ccc(OCc2ccc3scc(-c4ccc(OCCC5(O)CC5)cc4C)c3c2)cc1.S. The normalized spacial score (nSPS) is 14.0. The van der Waals surface area contributed by atoms with Crippen LogP contribution < -0.4 is 9.47 Å². The van der Waals surface area contributed by atoms with Gasteiger partial charge >= 0.3 is 5.97 Å². The standard InChI is InChI=1S/C33H32O5S.H2S/c1-3-4-25(19-32(34)35)24-6-8-26(9-7-24)38-20-23-5-12-31-29(18-23)30(21-39-31)28-11-10-27(17-22(28)2)37-16-15-33(36)13-14-33;/h5-12,17-18,21,25,36H,13-16,19-20H2,1-2H3,(H,34,35);1H2/t25-;/m0./s1. The number of aliphatic hydroxyl groups is 1. The van der Waals surface area contributed by atoms with Crippen molar-refractivity contribution in [2.45, 2.75) is 57.7 Å². The Bertz CT molecular complexity index is 1540. The second-order valence-electron chi connectivity index (χ2n) is 10.2. The molecule has 2 N–H and O–H groups in total. The maximum Gasteiger partial charge on any atom is 0.304 e. The molecular weight excluding hydrogens is 540 g/mol. The van der Waals surface area contributed by atoms with Crippen molar-refractivity contribution < 1.29 is 24.5 Å². The van der Waals surface area contributed by atoms with Crippen molar-refractivity contribution in [2.75, 3.05) is 6.61 Å². The number of thiophene rings is 1. The van der Waals surface area contributed by atoms with Crippen molar-refractivity contribution in [1.82, 2.24) is 0 Å². The molecule has 3 aromatic carbocycles. The molecule has 0 amide bonds. The van der Waals surface area contributed by atoms with Gasteiger partial charge in [0.05, 0.1) is 24.5 Å². The number of benzene rings is 3. The summed E-state index contributed by atoms with van der Waals surface area (Å²) >= 11 is 1.73. The Kier molecular flexibility index (Phi) is 9.47.